The van der Waals surface area contributed by atoms with Crippen LogP contribution >= 0.6 is 0 Å². The molecule has 1 fully saturated rings. The summed E-state index contributed by atoms with van der Waals surface area (Å²) in [5.41, 5.74) is 0. The minimum atomic E-state index is -1.94. The molecule has 0 spiro atoms. The van der Waals surface area contributed by atoms with E-state index in [1.54, 1.807) is 4.90 Å². The number of rotatable bonds is 4. The van der Waals surface area contributed by atoms with Gasteiger partial charge in [0, 0.05) is 6.42 Å². The molecule has 10 heteroatoms. The Bertz CT molecular complexity index is 672. The Hall–Kier alpha value is -1.62. The number of ether oxygens (including phenoxy) is 1. The Morgan fingerprint density at radius 1 is 1.50 bits per heavy atom. The van der Waals surface area contributed by atoms with Crippen molar-refractivity contribution < 1.29 is 19.1 Å². The van der Waals surface area contributed by atoms with Gasteiger partial charge >= 0.3 is 0 Å². The van der Waals surface area contributed by atoms with Gasteiger partial charge in [-0.15, -0.1) is 0 Å². The first-order chi connectivity index (χ1) is 12.0. The molecule has 0 bridgehead atoms. The molecule has 0 aromatic rings. The maximum atomic E-state index is 11.9. The van der Waals surface area contributed by atoms with Crippen molar-refractivity contribution in [2.45, 2.75) is 69.8 Å². The summed E-state index contributed by atoms with van der Waals surface area (Å²) >= 11 is 0. The molecule has 3 heterocycles. The molecule has 0 aromatic carbocycles. The molecule has 4 atom stereocenters. The van der Waals surface area contributed by atoms with Gasteiger partial charge in [-0.05, 0) is 18.1 Å². The molecule has 1 amide bonds. The van der Waals surface area contributed by atoms with Crippen molar-refractivity contribution in [3.8, 4) is 0 Å². The lowest BCUT2D eigenvalue weighted by molar-refractivity contribution is -0.119. The van der Waals surface area contributed by atoms with Gasteiger partial charge in [-0.2, -0.15) is 4.99 Å². The van der Waals surface area contributed by atoms with Crippen LogP contribution in [0.25, 0.3) is 0 Å². The third-order valence-electron chi connectivity index (χ3n) is 5.49. The van der Waals surface area contributed by atoms with Gasteiger partial charge in [0.15, 0.2) is 20.2 Å². The standard InChI is InChI=1S/C16H27N5O4Si/c1-16(2,3)26(4,5)24-7-10-9(22)6-11(25-10)21-8-18-12-13(21)19-15(17)20-14(12)23/h8-12,22H,6-7H2,1-5H3,(H2,17,20,23)/t9-,10+,11+,12?/m0/s1. The second-order valence-electron chi connectivity index (χ2n) is 8.39. The number of carbonyl (C=O) groups excluding carboxylic acids is 1. The summed E-state index contributed by atoms with van der Waals surface area (Å²) in [5, 5.41) is 20.4. The molecule has 3 aliphatic rings. The van der Waals surface area contributed by atoms with Gasteiger partial charge in [0.2, 0.25) is 5.96 Å². The summed E-state index contributed by atoms with van der Waals surface area (Å²) in [6.45, 7) is 11.1. The van der Waals surface area contributed by atoms with Crippen LogP contribution in [-0.4, -0.2) is 73.4 Å². The first-order valence-corrected chi connectivity index (χ1v) is 11.7. The minimum absolute atomic E-state index is 0.0787. The summed E-state index contributed by atoms with van der Waals surface area (Å²) in [5.74, 6) is -0.231. The van der Waals surface area contributed by atoms with Crippen molar-refractivity contribution in [1.29, 1.82) is 5.41 Å². The van der Waals surface area contributed by atoms with Crippen LogP contribution in [0.2, 0.25) is 18.1 Å². The predicted molar refractivity (Wildman–Crippen MR) is 99.9 cm³/mol. The molecule has 1 saturated heterocycles. The highest BCUT2D eigenvalue weighted by Crippen LogP contribution is 2.37. The lowest BCUT2D eigenvalue weighted by Gasteiger charge is -2.37. The van der Waals surface area contributed by atoms with Gasteiger partial charge in [0.1, 0.15) is 12.3 Å². The maximum absolute atomic E-state index is 11.9. The quantitative estimate of drug-likeness (QED) is 0.618. The van der Waals surface area contributed by atoms with Crippen LogP contribution in [0.4, 0.5) is 0 Å². The van der Waals surface area contributed by atoms with Crippen LogP contribution in [0.15, 0.2) is 9.98 Å². The van der Waals surface area contributed by atoms with Crippen molar-refractivity contribution >= 4 is 32.4 Å². The first-order valence-electron chi connectivity index (χ1n) is 8.77. The second kappa shape index (κ2) is 6.52. The van der Waals surface area contributed by atoms with Gasteiger partial charge in [-0.1, -0.05) is 20.8 Å². The highest BCUT2D eigenvalue weighted by molar-refractivity contribution is 6.74. The van der Waals surface area contributed by atoms with E-state index in [-0.39, 0.29) is 16.9 Å². The van der Waals surface area contributed by atoms with Gasteiger partial charge < -0.3 is 14.3 Å². The number of hydrogen-bond acceptors (Lipinski definition) is 7. The lowest BCUT2D eigenvalue weighted by Crippen LogP contribution is -2.50. The molecule has 0 radical (unpaired) electrons. The molecule has 0 aromatic heterocycles. The van der Waals surface area contributed by atoms with E-state index in [1.807, 2.05) is 0 Å². The molecule has 3 aliphatic heterocycles. The van der Waals surface area contributed by atoms with Crippen LogP contribution in [0.1, 0.15) is 27.2 Å². The Morgan fingerprint density at radius 3 is 2.85 bits per heavy atom. The van der Waals surface area contributed by atoms with Gasteiger partial charge in [0.05, 0.1) is 19.0 Å². The fraction of sp³-hybridized carbons (Fsp3) is 0.750. The van der Waals surface area contributed by atoms with Crippen molar-refractivity contribution in [3.05, 3.63) is 0 Å². The van der Waals surface area contributed by atoms with Crippen molar-refractivity contribution in [1.82, 2.24) is 10.2 Å². The van der Waals surface area contributed by atoms with Crippen molar-refractivity contribution in [3.63, 3.8) is 0 Å². The monoisotopic (exact) mass is 381 g/mol. The first kappa shape index (κ1) is 19.1. The highest BCUT2D eigenvalue weighted by atomic mass is 28.4. The van der Waals surface area contributed by atoms with Crippen LogP contribution in [-0.2, 0) is 14.0 Å². The smallest absolute Gasteiger partial charge is 0.259 e. The number of nitrogens with zero attached hydrogens (tertiary/aromatic N) is 3. The van der Waals surface area contributed by atoms with E-state index in [4.69, 9.17) is 14.6 Å². The zero-order chi connectivity index (χ0) is 19.3. The third kappa shape index (κ3) is 3.46. The number of fused-ring (bicyclic) bond motifs is 1. The summed E-state index contributed by atoms with van der Waals surface area (Å²) in [4.78, 5) is 21.7. The van der Waals surface area contributed by atoms with Crippen LogP contribution in [0, 0.1) is 5.41 Å². The molecule has 1 unspecified atom stereocenters. The molecular formula is C16H27N5O4Si. The Morgan fingerprint density at radius 2 is 2.19 bits per heavy atom. The second-order valence-corrected chi connectivity index (χ2v) is 13.2. The number of hydrogen-bond donors (Lipinski definition) is 3. The normalized spacial score (nSPS) is 31.9. The molecule has 3 rings (SSSR count). The molecule has 26 heavy (non-hydrogen) atoms. The van der Waals surface area contributed by atoms with Crippen LogP contribution in [0.3, 0.4) is 0 Å². The topological polar surface area (TPSA) is 120 Å². The summed E-state index contributed by atoms with van der Waals surface area (Å²) in [7, 11) is -1.94. The molecule has 3 N–H and O–H groups in total. The number of aliphatic hydroxyl groups is 1. The zero-order valence-electron chi connectivity index (χ0n) is 15.8. The van der Waals surface area contributed by atoms with E-state index in [2.05, 4.69) is 49.2 Å². The fourth-order valence-corrected chi connectivity index (χ4v) is 3.82. The fourth-order valence-electron chi connectivity index (χ4n) is 2.80. The van der Waals surface area contributed by atoms with Gasteiger partial charge in [-0.25, -0.2) is 0 Å². The molecule has 144 valence electrons. The number of guanidine groups is 1. The lowest BCUT2D eigenvalue weighted by atomic mass is 10.1. The molecule has 0 aliphatic carbocycles. The van der Waals surface area contributed by atoms with E-state index in [9.17, 15) is 9.90 Å². The number of amidine groups is 1. The minimum Gasteiger partial charge on any atom is -0.414 e. The number of amides is 1. The average molecular weight is 382 g/mol. The summed E-state index contributed by atoms with van der Waals surface area (Å²) in [6.07, 6.45) is 0.256. The highest BCUT2D eigenvalue weighted by Gasteiger charge is 2.45. The van der Waals surface area contributed by atoms with Crippen molar-refractivity contribution in [2.75, 3.05) is 6.61 Å². The summed E-state index contributed by atoms with van der Waals surface area (Å²) in [6, 6.07) is -0.757. The number of aliphatic imine (C=N–C) groups is 2. The third-order valence-corrected chi connectivity index (χ3v) is 10.00. The zero-order valence-corrected chi connectivity index (χ0v) is 16.8. The van der Waals surface area contributed by atoms with E-state index < -0.39 is 32.8 Å². The number of carbonyl (C=O) groups is 1. The average Bonchev–Trinajstić information content (AvgIpc) is 3.07. The number of nitrogens with one attached hydrogen (secondary N) is 2. The molecule has 0 saturated carbocycles. The largest absolute Gasteiger partial charge is 0.414 e. The van der Waals surface area contributed by atoms with Crippen LogP contribution < -0.4 is 5.32 Å². The predicted octanol–water partition coefficient (Wildman–Crippen LogP) is 0.660. The van der Waals surface area contributed by atoms with E-state index in [0.29, 0.717) is 18.9 Å². The van der Waals surface area contributed by atoms with E-state index >= 15 is 0 Å². The Labute approximate surface area is 154 Å². The number of aliphatic hydroxyl groups excluding tert-OH is 1. The Balaban J connectivity index is 1.65. The van der Waals surface area contributed by atoms with E-state index in [1.165, 1.54) is 6.34 Å². The SMILES string of the molecule is CC(C)(C)[Si](C)(C)OC[C@H]1O[C@@H](N2C=NC3C(=O)NC(=N)N=C32)C[C@@H]1O. The van der Waals surface area contributed by atoms with Gasteiger partial charge in [0.25, 0.3) is 5.91 Å². The molecule has 9 nitrogen and oxygen atoms in total. The van der Waals surface area contributed by atoms with E-state index in [0.717, 1.165) is 0 Å². The van der Waals surface area contributed by atoms with Gasteiger partial charge in [-0.3, -0.25) is 25.4 Å². The molecular weight excluding hydrogens is 354 g/mol. The summed E-state index contributed by atoms with van der Waals surface area (Å²) < 4.78 is 12.2. The van der Waals surface area contributed by atoms with Crippen LogP contribution in [0.5, 0.6) is 0 Å². The van der Waals surface area contributed by atoms with Crippen molar-refractivity contribution in [2.24, 2.45) is 9.98 Å². The maximum Gasteiger partial charge on any atom is 0.259 e. The Kier molecular flexibility index (Phi) is 4.80.